The van der Waals surface area contributed by atoms with Crippen molar-refractivity contribution in [2.24, 2.45) is 0 Å². The Morgan fingerprint density at radius 2 is 0.750 bits per heavy atom. The van der Waals surface area contributed by atoms with E-state index in [1.165, 1.54) is 87.9 Å². The first-order valence-corrected chi connectivity index (χ1v) is 22.0. The van der Waals surface area contributed by atoms with Gasteiger partial charge in [0.25, 0.3) is 0 Å². The summed E-state index contributed by atoms with van der Waals surface area (Å²) in [5.41, 5.74) is 16.5. The van der Waals surface area contributed by atoms with Gasteiger partial charge in [-0.1, -0.05) is 200 Å². The van der Waals surface area contributed by atoms with Gasteiger partial charge in [0.15, 0.2) is 0 Å². The monoisotopic (exact) mass is 814 g/mol. The Morgan fingerprint density at radius 1 is 0.266 bits per heavy atom. The number of para-hydroxylation sites is 1. The predicted molar refractivity (Wildman–Crippen MR) is 272 cm³/mol. The molecule has 0 unspecified atom stereocenters. The Kier molecular flexibility index (Phi) is 9.20. The van der Waals surface area contributed by atoms with Crippen molar-refractivity contribution in [1.82, 2.24) is 4.57 Å². The molecular weight excluding hydrogens is 773 g/mol. The van der Waals surface area contributed by atoms with Crippen molar-refractivity contribution in [2.75, 3.05) is 4.90 Å². The first kappa shape index (κ1) is 37.3. The normalized spacial score (nSPS) is 11.4. The van der Waals surface area contributed by atoms with Crippen LogP contribution in [-0.4, -0.2) is 4.57 Å². The van der Waals surface area contributed by atoms with Crippen LogP contribution >= 0.6 is 0 Å². The van der Waals surface area contributed by atoms with Crippen LogP contribution in [-0.2, 0) is 0 Å². The highest BCUT2D eigenvalue weighted by molar-refractivity contribution is 6.19. The lowest BCUT2D eigenvalue weighted by Gasteiger charge is -2.26. The molecule has 0 fully saturated rings. The minimum Gasteiger partial charge on any atom is -0.310 e. The summed E-state index contributed by atoms with van der Waals surface area (Å²) in [6.07, 6.45) is 0. The molecule has 0 atom stereocenters. The Morgan fingerprint density at radius 3 is 1.44 bits per heavy atom. The van der Waals surface area contributed by atoms with Crippen molar-refractivity contribution in [3.05, 3.63) is 255 Å². The van der Waals surface area contributed by atoms with Crippen LogP contribution in [0.2, 0.25) is 0 Å². The molecule has 64 heavy (non-hydrogen) atoms. The molecule has 0 aliphatic rings. The third-order valence-electron chi connectivity index (χ3n) is 12.8. The molecule has 0 bridgehead atoms. The minimum atomic E-state index is 1.09. The summed E-state index contributed by atoms with van der Waals surface area (Å²) < 4.78 is 2.44. The Balaban J connectivity index is 0.948. The van der Waals surface area contributed by atoms with E-state index in [9.17, 15) is 0 Å². The van der Waals surface area contributed by atoms with Crippen LogP contribution in [0.15, 0.2) is 255 Å². The van der Waals surface area contributed by atoms with E-state index in [0.29, 0.717) is 0 Å². The average molecular weight is 815 g/mol. The van der Waals surface area contributed by atoms with Crippen molar-refractivity contribution in [2.45, 2.75) is 0 Å². The second-order valence-corrected chi connectivity index (χ2v) is 16.5. The highest BCUT2D eigenvalue weighted by Crippen LogP contribution is 2.43. The predicted octanol–water partition coefficient (Wildman–Crippen LogP) is 17.2. The SMILES string of the molecule is c1ccc(-c2ccccc2-c2ccccc2-c2ccc(N(c3ccc(-c4ccc5c6ccc7ccccc7c6n(-c6ccccc6)c5c4)cc3)c3ccc4ccccc4c3)cc2)cc1. The van der Waals surface area contributed by atoms with Gasteiger partial charge in [-0.05, 0) is 115 Å². The van der Waals surface area contributed by atoms with Crippen LogP contribution < -0.4 is 4.90 Å². The molecule has 0 saturated heterocycles. The standard InChI is InChI=1S/C62H42N2/c1-3-16-45(17-4-1)54-22-11-13-25-57(54)58-26-14-12-23-55(58)47-30-36-52(37-31-47)63(53-38-29-43-15-7-8-19-48(43)41-53)51-34-27-44(28-35-51)49-33-39-59-60-40-32-46-18-9-10-24-56(46)62(60)64(61(59)42-49)50-20-5-2-6-21-50/h1-42H. The Bertz CT molecular complexity index is 3640. The van der Waals surface area contributed by atoms with Crippen LogP contribution in [0.3, 0.4) is 0 Å². The van der Waals surface area contributed by atoms with E-state index in [-0.39, 0.29) is 0 Å². The molecule has 0 radical (unpaired) electrons. The fourth-order valence-electron chi connectivity index (χ4n) is 9.72. The molecule has 300 valence electrons. The molecule has 0 aliphatic carbocycles. The van der Waals surface area contributed by atoms with Gasteiger partial charge in [-0.3, -0.25) is 0 Å². The zero-order valence-corrected chi connectivity index (χ0v) is 35.1. The summed E-state index contributed by atoms with van der Waals surface area (Å²) in [6, 6.07) is 92.6. The average Bonchev–Trinajstić information content (AvgIpc) is 3.72. The summed E-state index contributed by atoms with van der Waals surface area (Å²) in [6.45, 7) is 0. The number of rotatable bonds is 8. The maximum atomic E-state index is 2.44. The summed E-state index contributed by atoms with van der Waals surface area (Å²) in [4.78, 5) is 2.37. The second-order valence-electron chi connectivity index (χ2n) is 16.5. The maximum Gasteiger partial charge on any atom is 0.0619 e. The van der Waals surface area contributed by atoms with E-state index in [0.717, 1.165) is 22.7 Å². The topological polar surface area (TPSA) is 8.17 Å². The quantitative estimate of drug-likeness (QED) is 0.148. The molecule has 2 nitrogen and oxygen atoms in total. The van der Waals surface area contributed by atoms with Gasteiger partial charge in [-0.2, -0.15) is 0 Å². The van der Waals surface area contributed by atoms with Gasteiger partial charge in [-0.25, -0.2) is 0 Å². The number of hydrogen-bond acceptors (Lipinski definition) is 1. The van der Waals surface area contributed by atoms with Crippen LogP contribution in [0.1, 0.15) is 0 Å². The molecule has 0 spiro atoms. The zero-order valence-electron chi connectivity index (χ0n) is 35.1. The van der Waals surface area contributed by atoms with Gasteiger partial charge in [0.2, 0.25) is 0 Å². The number of anilines is 3. The van der Waals surface area contributed by atoms with Gasteiger partial charge < -0.3 is 9.47 Å². The van der Waals surface area contributed by atoms with E-state index in [4.69, 9.17) is 0 Å². The minimum absolute atomic E-state index is 1.09. The third kappa shape index (κ3) is 6.52. The molecule has 1 aromatic heterocycles. The molecule has 1 heterocycles. The summed E-state index contributed by atoms with van der Waals surface area (Å²) in [5, 5.41) is 7.44. The lowest BCUT2D eigenvalue weighted by atomic mass is 9.89. The van der Waals surface area contributed by atoms with Crippen molar-refractivity contribution in [1.29, 1.82) is 0 Å². The molecular formula is C62H42N2. The smallest absolute Gasteiger partial charge is 0.0619 e. The largest absolute Gasteiger partial charge is 0.310 e. The second kappa shape index (κ2) is 15.8. The maximum absolute atomic E-state index is 2.44. The number of benzene rings is 11. The van der Waals surface area contributed by atoms with E-state index in [1.807, 2.05) is 0 Å². The van der Waals surface area contributed by atoms with Crippen molar-refractivity contribution in [3.63, 3.8) is 0 Å². The first-order valence-electron chi connectivity index (χ1n) is 22.0. The van der Waals surface area contributed by atoms with E-state index >= 15 is 0 Å². The van der Waals surface area contributed by atoms with Crippen molar-refractivity contribution < 1.29 is 0 Å². The van der Waals surface area contributed by atoms with Crippen LogP contribution in [0, 0.1) is 0 Å². The van der Waals surface area contributed by atoms with Crippen LogP contribution in [0.25, 0.3) is 93.5 Å². The van der Waals surface area contributed by atoms with Gasteiger partial charge in [-0.15, -0.1) is 0 Å². The molecule has 2 heteroatoms. The van der Waals surface area contributed by atoms with Crippen molar-refractivity contribution in [3.8, 4) is 50.2 Å². The van der Waals surface area contributed by atoms with Gasteiger partial charge in [0.05, 0.1) is 11.0 Å². The number of nitrogens with zero attached hydrogens (tertiary/aromatic N) is 2. The molecule has 0 amide bonds. The summed E-state index contributed by atoms with van der Waals surface area (Å²) >= 11 is 0. The highest BCUT2D eigenvalue weighted by Gasteiger charge is 2.18. The third-order valence-corrected chi connectivity index (χ3v) is 12.8. The molecule has 12 rings (SSSR count). The molecule has 12 aromatic rings. The lowest BCUT2D eigenvalue weighted by molar-refractivity contribution is 1.19. The zero-order chi connectivity index (χ0) is 42.4. The van der Waals surface area contributed by atoms with Gasteiger partial charge in [0.1, 0.15) is 0 Å². The molecule has 0 aliphatic heterocycles. The van der Waals surface area contributed by atoms with Gasteiger partial charge >= 0.3 is 0 Å². The van der Waals surface area contributed by atoms with E-state index in [1.54, 1.807) is 0 Å². The Labute approximate surface area is 373 Å². The van der Waals surface area contributed by atoms with Crippen LogP contribution in [0.5, 0.6) is 0 Å². The van der Waals surface area contributed by atoms with Gasteiger partial charge in [0, 0.05) is 38.9 Å². The molecule has 11 aromatic carbocycles. The number of fused-ring (bicyclic) bond motifs is 6. The fourth-order valence-corrected chi connectivity index (χ4v) is 9.72. The first-order chi connectivity index (χ1) is 31.7. The molecule has 0 saturated carbocycles. The number of aromatic nitrogens is 1. The summed E-state index contributed by atoms with van der Waals surface area (Å²) in [5.74, 6) is 0. The van der Waals surface area contributed by atoms with E-state index in [2.05, 4.69) is 264 Å². The number of hydrogen-bond donors (Lipinski definition) is 0. The summed E-state index contributed by atoms with van der Waals surface area (Å²) in [7, 11) is 0. The fraction of sp³-hybridized carbons (Fsp3) is 0. The highest BCUT2D eigenvalue weighted by atomic mass is 15.1. The van der Waals surface area contributed by atoms with Crippen molar-refractivity contribution >= 4 is 60.4 Å². The molecule has 0 N–H and O–H groups in total. The van der Waals surface area contributed by atoms with Crippen LogP contribution in [0.4, 0.5) is 17.1 Å². The van der Waals surface area contributed by atoms with E-state index < -0.39 is 0 Å². The Hall–Kier alpha value is -8.46. The lowest BCUT2D eigenvalue weighted by Crippen LogP contribution is -2.09.